The molecule has 0 atom stereocenters. The van der Waals surface area contributed by atoms with Crippen molar-refractivity contribution in [3.63, 3.8) is 0 Å². The number of aryl methyl sites for hydroxylation is 1. The van der Waals surface area contributed by atoms with Gasteiger partial charge in [-0.05, 0) is 13.0 Å². The SMILES string of the molecule is Cc1cc(C(C)(C)CN)n[nH]1. The summed E-state index contributed by atoms with van der Waals surface area (Å²) in [6, 6.07) is 2.03. The minimum atomic E-state index is -0.00917. The van der Waals surface area contributed by atoms with Crippen molar-refractivity contribution in [2.45, 2.75) is 26.2 Å². The highest BCUT2D eigenvalue weighted by molar-refractivity contribution is 5.16. The van der Waals surface area contributed by atoms with Gasteiger partial charge in [0.15, 0.2) is 0 Å². The number of aromatic amines is 1. The summed E-state index contributed by atoms with van der Waals surface area (Å²) in [5, 5.41) is 7.06. The summed E-state index contributed by atoms with van der Waals surface area (Å²) in [6.07, 6.45) is 0. The van der Waals surface area contributed by atoms with Crippen molar-refractivity contribution in [1.29, 1.82) is 0 Å². The average molecular weight is 153 g/mol. The molecule has 0 spiro atoms. The zero-order valence-corrected chi connectivity index (χ0v) is 7.31. The number of H-pyrrole nitrogens is 1. The highest BCUT2D eigenvalue weighted by Crippen LogP contribution is 2.19. The van der Waals surface area contributed by atoms with E-state index in [-0.39, 0.29) is 5.41 Å². The van der Waals surface area contributed by atoms with Gasteiger partial charge in [-0.3, -0.25) is 5.10 Å². The van der Waals surface area contributed by atoms with Crippen molar-refractivity contribution in [1.82, 2.24) is 10.2 Å². The molecule has 1 heterocycles. The van der Waals surface area contributed by atoms with Crippen LogP contribution >= 0.6 is 0 Å². The molecule has 0 bridgehead atoms. The number of aromatic nitrogens is 2. The molecule has 0 saturated carbocycles. The smallest absolute Gasteiger partial charge is 0.0693 e. The number of nitrogens with two attached hydrogens (primary N) is 1. The van der Waals surface area contributed by atoms with Crippen molar-refractivity contribution < 1.29 is 0 Å². The first-order valence-corrected chi connectivity index (χ1v) is 3.79. The molecular formula is C8H15N3. The van der Waals surface area contributed by atoms with E-state index in [2.05, 4.69) is 24.0 Å². The van der Waals surface area contributed by atoms with Gasteiger partial charge in [-0.2, -0.15) is 5.10 Å². The fraction of sp³-hybridized carbons (Fsp3) is 0.625. The van der Waals surface area contributed by atoms with Crippen molar-refractivity contribution >= 4 is 0 Å². The molecule has 1 rings (SSSR count). The number of nitrogens with one attached hydrogen (secondary N) is 1. The minimum Gasteiger partial charge on any atom is -0.330 e. The molecule has 0 amide bonds. The Bertz CT molecular complexity index is 237. The summed E-state index contributed by atoms with van der Waals surface area (Å²) >= 11 is 0. The average Bonchev–Trinajstić information content (AvgIpc) is 2.36. The lowest BCUT2D eigenvalue weighted by Gasteiger charge is -2.18. The molecule has 3 heteroatoms. The van der Waals surface area contributed by atoms with Crippen molar-refractivity contribution in [2.75, 3.05) is 6.54 Å². The number of nitrogens with zero attached hydrogens (tertiary/aromatic N) is 1. The number of hydrogen-bond donors (Lipinski definition) is 2. The third-order valence-electron chi connectivity index (χ3n) is 1.91. The molecule has 1 aromatic rings. The molecule has 0 saturated heterocycles. The standard InChI is InChI=1S/C8H15N3/c1-6-4-7(11-10-6)8(2,3)5-9/h4H,5,9H2,1-3H3,(H,10,11). The molecule has 0 radical (unpaired) electrons. The molecule has 0 aliphatic rings. The third kappa shape index (κ3) is 1.60. The van der Waals surface area contributed by atoms with E-state index in [1.165, 1.54) is 0 Å². The highest BCUT2D eigenvalue weighted by atomic mass is 15.1. The highest BCUT2D eigenvalue weighted by Gasteiger charge is 2.20. The van der Waals surface area contributed by atoms with E-state index in [1.807, 2.05) is 13.0 Å². The largest absolute Gasteiger partial charge is 0.330 e. The van der Waals surface area contributed by atoms with E-state index in [4.69, 9.17) is 5.73 Å². The Kier molecular flexibility index (Phi) is 2.00. The normalized spacial score (nSPS) is 12.0. The number of hydrogen-bond acceptors (Lipinski definition) is 2. The fourth-order valence-corrected chi connectivity index (χ4v) is 0.869. The first kappa shape index (κ1) is 8.27. The second-order valence-electron chi connectivity index (χ2n) is 3.52. The van der Waals surface area contributed by atoms with Crippen LogP contribution in [-0.4, -0.2) is 16.7 Å². The molecule has 62 valence electrons. The maximum Gasteiger partial charge on any atom is 0.0693 e. The van der Waals surface area contributed by atoms with Crippen molar-refractivity contribution in [3.8, 4) is 0 Å². The van der Waals surface area contributed by atoms with Crippen LogP contribution in [0.4, 0.5) is 0 Å². The van der Waals surface area contributed by atoms with Gasteiger partial charge in [0.25, 0.3) is 0 Å². The molecule has 11 heavy (non-hydrogen) atoms. The van der Waals surface area contributed by atoms with E-state index in [0.717, 1.165) is 11.4 Å². The van der Waals surface area contributed by atoms with E-state index in [1.54, 1.807) is 0 Å². The first-order valence-electron chi connectivity index (χ1n) is 3.79. The monoisotopic (exact) mass is 153 g/mol. The fourth-order valence-electron chi connectivity index (χ4n) is 0.869. The lowest BCUT2D eigenvalue weighted by atomic mass is 9.90. The summed E-state index contributed by atoms with van der Waals surface area (Å²) < 4.78 is 0. The first-order chi connectivity index (χ1) is 5.06. The van der Waals surface area contributed by atoms with Crippen LogP contribution in [0.15, 0.2) is 6.07 Å². The van der Waals surface area contributed by atoms with Crippen LogP contribution in [0.2, 0.25) is 0 Å². The lowest BCUT2D eigenvalue weighted by molar-refractivity contribution is 0.520. The van der Waals surface area contributed by atoms with Crippen LogP contribution in [0.25, 0.3) is 0 Å². The molecule has 0 aliphatic carbocycles. The van der Waals surface area contributed by atoms with Gasteiger partial charge in [-0.15, -0.1) is 0 Å². The zero-order chi connectivity index (χ0) is 8.48. The number of rotatable bonds is 2. The van der Waals surface area contributed by atoms with Gasteiger partial charge >= 0.3 is 0 Å². The van der Waals surface area contributed by atoms with Gasteiger partial charge in [0.2, 0.25) is 0 Å². The summed E-state index contributed by atoms with van der Waals surface area (Å²) in [7, 11) is 0. The van der Waals surface area contributed by atoms with Crippen LogP contribution < -0.4 is 5.73 Å². The summed E-state index contributed by atoms with van der Waals surface area (Å²) in [5.74, 6) is 0. The Labute approximate surface area is 67.0 Å². The van der Waals surface area contributed by atoms with Crippen molar-refractivity contribution in [2.24, 2.45) is 5.73 Å². The van der Waals surface area contributed by atoms with E-state index < -0.39 is 0 Å². The molecule has 1 aromatic heterocycles. The van der Waals surface area contributed by atoms with Crippen LogP contribution in [0.5, 0.6) is 0 Å². The van der Waals surface area contributed by atoms with E-state index in [9.17, 15) is 0 Å². The van der Waals surface area contributed by atoms with Gasteiger partial charge < -0.3 is 5.73 Å². The predicted molar refractivity (Wildman–Crippen MR) is 45.4 cm³/mol. The molecule has 3 N–H and O–H groups in total. The van der Waals surface area contributed by atoms with E-state index in [0.29, 0.717) is 6.54 Å². The molecule has 0 fully saturated rings. The molecule has 0 aliphatic heterocycles. The second-order valence-corrected chi connectivity index (χ2v) is 3.52. The third-order valence-corrected chi connectivity index (χ3v) is 1.91. The van der Waals surface area contributed by atoms with Gasteiger partial charge in [-0.25, -0.2) is 0 Å². The molecule has 0 unspecified atom stereocenters. The molecule has 0 aromatic carbocycles. The van der Waals surface area contributed by atoms with Gasteiger partial charge in [0.05, 0.1) is 5.69 Å². The Morgan fingerprint density at radius 3 is 2.64 bits per heavy atom. The predicted octanol–water partition coefficient (Wildman–Crippen LogP) is 0.954. The van der Waals surface area contributed by atoms with Crippen LogP contribution in [0.3, 0.4) is 0 Å². The topological polar surface area (TPSA) is 54.7 Å². The Morgan fingerprint density at radius 1 is 1.64 bits per heavy atom. The Morgan fingerprint density at radius 2 is 2.27 bits per heavy atom. The Balaban J connectivity index is 2.92. The minimum absolute atomic E-state index is 0.00917. The van der Waals surface area contributed by atoms with Gasteiger partial charge in [0, 0.05) is 17.7 Å². The van der Waals surface area contributed by atoms with Crippen LogP contribution in [-0.2, 0) is 5.41 Å². The van der Waals surface area contributed by atoms with Gasteiger partial charge in [-0.1, -0.05) is 13.8 Å². The summed E-state index contributed by atoms with van der Waals surface area (Å²) in [4.78, 5) is 0. The van der Waals surface area contributed by atoms with Crippen LogP contribution in [0, 0.1) is 6.92 Å². The van der Waals surface area contributed by atoms with Crippen LogP contribution in [0.1, 0.15) is 25.2 Å². The van der Waals surface area contributed by atoms with E-state index >= 15 is 0 Å². The van der Waals surface area contributed by atoms with Crippen molar-refractivity contribution in [3.05, 3.63) is 17.5 Å². The maximum absolute atomic E-state index is 5.59. The lowest BCUT2D eigenvalue weighted by Crippen LogP contribution is -2.28. The Hall–Kier alpha value is -0.830. The summed E-state index contributed by atoms with van der Waals surface area (Å²) in [5.41, 5.74) is 7.71. The maximum atomic E-state index is 5.59. The molecule has 3 nitrogen and oxygen atoms in total. The quantitative estimate of drug-likeness (QED) is 0.664. The molecular weight excluding hydrogens is 138 g/mol. The van der Waals surface area contributed by atoms with Gasteiger partial charge in [0.1, 0.15) is 0 Å². The summed E-state index contributed by atoms with van der Waals surface area (Å²) in [6.45, 7) is 6.78. The zero-order valence-electron chi connectivity index (χ0n) is 7.31. The second kappa shape index (κ2) is 2.66.